The second-order valence-electron chi connectivity index (χ2n) is 15.3. The summed E-state index contributed by atoms with van der Waals surface area (Å²) in [6.45, 7) is 7.87. The van der Waals surface area contributed by atoms with Crippen molar-refractivity contribution in [1.29, 1.82) is 0 Å². The number of aliphatic carboxylic acids is 2. The molecule has 3 N–H and O–H groups in total. The molecule has 1 spiro atoms. The summed E-state index contributed by atoms with van der Waals surface area (Å²) >= 11 is 0. The Kier molecular flexibility index (Phi) is 19.3. The van der Waals surface area contributed by atoms with Crippen molar-refractivity contribution >= 4 is 38.7 Å². The van der Waals surface area contributed by atoms with Crippen LogP contribution in [0.25, 0.3) is 0 Å². The molecule has 1 saturated heterocycles. The quantitative estimate of drug-likeness (QED) is 0.0312. The molecule has 0 amide bonds. The van der Waals surface area contributed by atoms with Gasteiger partial charge in [0.15, 0.2) is 12.4 Å². The molecule has 5 fully saturated rings. The van der Waals surface area contributed by atoms with E-state index in [9.17, 15) is 60.8 Å². The minimum atomic E-state index is -5.79. The van der Waals surface area contributed by atoms with Crippen LogP contribution < -0.4 is 159 Å². The second-order valence-corrected chi connectivity index (χ2v) is 17.3. The molecule has 0 aromatic heterocycles. The van der Waals surface area contributed by atoms with Gasteiger partial charge in [0, 0.05) is 11.8 Å². The van der Waals surface area contributed by atoms with E-state index in [-0.39, 0.29) is 185 Å². The van der Waals surface area contributed by atoms with Crippen LogP contribution in [0.3, 0.4) is 0 Å². The zero-order valence-corrected chi connectivity index (χ0v) is 42.2. The van der Waals surface area contributed by atoms with Crippen LogP contribution in [0.4, 0.5) is 0 Å². The number of carboxylic acids is 2. The molecule has 1 heterocycles. The Morgan fingerprint density at radius 2 is 1.54 bits per heavy atom. The van der Waals surface area contributed by atoms with Crippen LogP contribution in [0.1, 0.15) is 72.1 Å². The largest absolute Gasteiger partial charge is 1.00 e. The SMILES string of the molecule is C=C1[C@@H]2CC[C@H]3[C@]4(C)C[C@H](O[C@H]5O[C@@H](CO)[C@H](OS(=O)(=O)[O-])[C@@H](OS(=O)(=O)[O-])[C@@H]5OC(=O)CC(C)C)C[C@@](C(=O)[O-])(C(=O)O)[C@H]4CC[C@]3(C2)[C@H]1O.[K+].[K+].[K+]. The van der Waals surface area contributed by atoms with E-state index in [1.165, 1.54) is 0 Å². The maximum absolute atomic E-state index is 13.1. The number of ether oxygens (including phenoxy) is 3. The Labute approximate surface area is 442 Å². The summed E-state index contributed by atoms with van der Waals surface area (Å²) in [4.78, 5) is 39.0. The summed E-state index contributed by atoms with van der Waals surface area (Å²) < 4.78 is 96.9. The van der Waals surface area contributed by atoms with Gasteiger partial charge in [-0.05, 0) is 79.6 Å². The van der Waals surface area contributed by atoms with E-state index in [2.05, 4.69) is 14.9 Å². The first-order valence-electron chi connectivity index (χ1n) is 16.7. The van der Waals surface area contributed by atoms with Crippen LogP contribution in [0.5, 0.6) is 0 Å². The fourth-order valence-corrected chi connectivity index (χ4v) is 11.2. The first kappa shape index (κ1) is 52.8. The van der Waals surface area contributed by atoms with Gasteiger partial charge in [0.1, 0.15) is 23.7 Å². The van der Waals surface area contributed by atoms with E-state index in [1.54, 1.807) is 20.8 Å². The topological polar surface area (TPSA) is 296 Å². The first-order valence-corrected chi connectivity index (χ1v) is 19.4. The van der Waals surface area contributed by atoms with Crippen molar-refractivity contribution in [2.45, 2.75) is 115 Å². The van der Waals surface area contributed by atoms with Crippen LogP contribution in [-0.4, -0.2) is 109 Å². The van der Waals surface area contributed by atoms with Gasteiger partial charge in [-0.2, -0.15) is 0 Å². The van der Waals surface area contributed by atoms with Crippen molar-refractivity contribution in [2.75, 3.05) is 6.61 Å². The van der Waals surface area contributed by atoms with Crippen molar-refractivity contribution < 1.29 is 237 Å². The van der Waals surface area contributed by atoms with Gasteiger partial charge in [-0.1, -0.05) is 27.4 Å². The minimum absolute atomic E-state index is 0. The molecule has 13 atom stereocenters. The number of aliphatic hydroxyl groups is 2. The van der Waals surface area contributed by atoms with Gasteiger partial charge in [-0.25, -0.2) is 16.8 Å². The van der Waals surface area contributed by atoms with Crippen LogP contribution in [0.15, 0.2) is 12.2 Å². The summed E-state index contributed by atoms with van der Waals surface area (Å²) in [7, 11) is -11.5. The zero-order chi connectivity index (χ0) is 38.1. The predicted octanol–water partition coefficient (Wildman–Crippen LogP) is -9.89. The molecule has 0 aromatic rings. The average molecular weight is 885 g/mol. The zero-order valence-electron chi connectivity index (χ0n) is 31.2. The Hall–Kier alpha value is 2.64. The van der Waals surface area contributed by atoms with Gasteiger partial charge < -0.3 is 48.5 Å². The summed E-state index contributed by atoms with van der Waals surface area (Å²) in [6.07, 6.45) is -12.4. The number of hydrogen-bond acceptors (Lipinski definition) is 17. The molecule has 5 rings (SSSR count). The standard InChI is InChI=1S/C31H46O18S2.3K/c1-14(2)9-21(33)47-24-23(49-51(42,43)44)22(48-50(39,40)41)18(13-32)46-26(24)45-17-11-29(4)19-6-5-16-10-30(19,25(34)15(16)3)8-7-20(29)31(12-17,27(35)36)28(37)38;;;/h14,16-20,22-26,32,34H,3,5-13H2,1-2,4H3,(H,35,36)(H,37,38)(H,39,40,41)(H,42,43,44);;;/q;3*+1/p-3/t16-,17+,18+,19+,20+,22+,23-,24+,25+,26+,29+,30-;;;/m1.../s1. The summed E-state index contributed by atoms with van der Waals surface area (Å²) in [6, 6.07) is 0. The number of carboxylic acid groups (broad SMARTS) is 2. The number of carbonyl (C=O) groups is 3. The van der Waals surface area contributed by atoms with Gasteiger partial charge in [-0.3, -0.25) is 18.0 Å². The number of hydrogen-bond donors (Lipinski definition) is 3. The molecule has 4 aliphatic carbocycles. The van der Waals surface area contributed by atoms with Gasteiger partial charge in [0.25, 0.3) is 0 Å². The van der Waals surface area contributed by atoms with E-state index in [1.807, 2.05) is 0 Å². The fourth-order valence-electron chi connectivity index (χ4n) is 10.2. The number of esters is 1. The maximum atomic E-state index is 13.1. The number of aliphatic hydroxyl groups excluding tert-OH is 2. The minimum Gasteiger partial charge on any atom is -0.726 e. The summed E-state index contributed by atoms with van der Waals surface area (Å²) in [5.41, 5.74) is -3.76. The average Bonchev–Trinajstić information content (AvgIpc) is 3.16. The Morgan fingerprint density at radius 1 is 0.944 bits per heavy atom. The smallest absolute Gasteiger partial charge is 0.726 e. The Balaban J connectivity index is 0.00000336. The van der Waals surface area contributed by atoms with Crippen LogP contribution in [0, 0.1) is 39.9 Å². The molecule has 290 valence electrons. The molecular formula is C31H43K3O18S2. The maximum Gasteiger partial charge on any atom is 1.00 e. The third-order valence-corrected chi connectivity index (χ3v) is 12.9. The third-order valence-electron chi connectivity index (χ3n) is 12.0. The van der Waals surface area contributed by atoms with Crippen molar-refractivity contribution in [3.05, 3.63) is 12.2 Å². The van der Waals surface area contributed by atoms with E-state index in [0.29, 0.717) is 31.3 Å². The molecule has 4 saturated carbocycles. The normalized spacial score (nSPS) is 40.2. The van der Waals surface area contributed by atoms with Gasteiger partial charge in [0.2, 0.25) is 20.8 Å². The molecule has 0 radical (unpaired) electrons. The molecular weight excluding hydrogens is 842 g/mol. The molecule has 0 unspecified atom stereocenters. The third kappa shape index (κ3) is 10.5. The van der Waals surface area contributed by atoms with Gasteiger partial charge in [0.05, 0.1) is 24.8 Å². The van der Waals surface area contributed by atoms with Crippen LogP contribution in [-0.2, 0) is 57.8 Å². The molecule has 1 aliphatic heterocycles. The summed E-state index contributed by atoms with van der Waals surface area (Å²) in [5.74, 6) is -6.40. The van der Waals surface area contributed by atoms with E-state index in [4.69, 9.17) is 14.2 Å². The molecule has 23 heteroatoms. The second kappa shape index (κ2) is 19.8. The van der Waals surface area contributed by atoms with E-state index in [0.717, 1.165) is 0 Å². The van der Waals surface area contributed by atoms with Gasteiger partial charge >= 0.3 is 166 Å². The van der Waals surface area contributed by atoms with Crippen LogP contribution in [0.2, 0.25) is 0 Å². The van der Waals surface area contributed by atoms with E-state index >= 15 is 0 Å². The monoisotopic (exact) mass is 884 g/mol. The van der Waals surface area contributed by atoms with Crippen molar-refractivity contribution in [3.8, 4) is 0 Å². The van der Waals surface area contributed by atoms with Crippen molar-refractivity contribution in [2.24, 2.45) is 39.9 Å². The van der Waals surface area contributed by atoms with Crippen molar-refractivity contribution in [1.82, 2.24) is 0 Å². The number of fused-ring (bicyclic) bond motifs is 3. The molecule has 0 aromatic carbocycles. The van der Waals surface area contributed by atoms with E-state index < -0.39 is 123 Å². The number of rotatable bonds is 12. The van der Waals surface area contributed by atoms with Crippen molar-refractivity contribution in [3.63, 3.8) is 0 Å². The van der Waals surface area contributed by atoms with Gasteiger partial charge in [-0.15, -0.1) is 0 Å². The first-order chi connectivity index (χ1) is 23.5. The Bertz CT molecular complexity index is 1630. The molecule has 2 bridgehead atoms. The van der Waals surface area contributed by atoms with Crippen LogP contribution >= 0.6 is 0 Å². The number of carbonyl (C=O) groups excluding carboxylic acids is 2. The fraction of sp³-hybridized carbons (Fsp3) is 0.839. The summed E-state index contributed by atoms with van der Waals surface area (Å²) in [5, 5.41) is 45.2. The molecule has 18 nitrogen and oxygen atoms in total. The molecule has 5 aliphatic rings. The Morgan fingerprint density at radius 3 is 2.06 bits per heavy atom. The predicted molar refractivity (Wildman–Crippen MR) is 163 cm³/mol. The molecule has 54 heavy (non-hydrogen) atoms.